The number of hydrogen-bond donors (Lipinski definition) is 2. The largest absolute Gasteiger partial charge is 0.383 e. The number of ether oxygens (including phenoxy) is 1. The third-order valence-electron chi connectivity index (χ3n) is 4.91. The number of H-pyrrole nitrogens is 1. The number of amides is 1. The molecular formula is C24H26N4O4. The second kappa shape index (κ2) is 10.4. The highest BCUT2D eigenvalue weighted by Crippen LogP contribution is 2.20. The van der Waals surface area contributed by atoms with Crippen LogP contribution in [-0.2, 0) is 22.6 Å². The summed E-state index contributed by atoms with van der Waals surface area (Å²) < 4.78 is 6.22. The molecule has 3 N–H and O–H groups in total. The molecule has 0 aliphatic heterocycles. The molecule has 0 unspecified atom stereocenters. The Hall–Kier alpha value is -3.91. The maximum absolute atomic E-state index is 13.2. The minimum atomic E-state index is -0.727. The molecule has 3 aromatic rings. The highest BCUT2D eigenvalue weighted by molar-refractivity contribution is 6.05. The van der Waals surface area contributed by atoms with E-state index in [2.05, 4.69) is 4.98 Å². The van der Waals surface area contributed by atoms with E-state index in [0.29, 0.717) is 0 Å². The SMILES string of the molecule is COCCn1c(N)c(N(Cc2ccccc2)C(=O)/C=C/c2cccc(C)c2)c(=O)[nH]c1=O. The second-order valence-corrected chi connectivity index (χ2v) is 7.30. The highest BCUT2D eigenvalue weighted by atomic mass is 16.5. The number of carbonyl (C=O) groups excluding carboxylic acids is 1. The summed E-state index contributed by atoms with van der Waals surface area (Å²) in [5, 5.41) is 0. The van der Waals surface area contributed by atoms with Gasteiger partial charge in [-0.25, -0.2) is 4.79 Å². The van der Waals surface area contributed by atoms with Crippen LogP contribution in [0.2, 0.25) is 0 Å². The Morgan fingerprint density at radius 3 is 2.59 bits per heavy atom. The van der Waals surface area contributed by atoms with Crippen molar-refractivity contribution < 1.29 is 9.53 Å². The fraction of sp³-hybridized carbons (Fsp3) is 0.208. The average molecular weight is 434 g/mol. The first-order valence-electron chi connectivity index (χ1n) is 10.1. The van der Waals surface area contributed by atoms with Crippen molar-refractivity contribution >= 4 is 23.5 Å². The minimum Gasteiger partial charge on any atom is -0.383 e. The fourth-order valence-corrected chi connectivity index (χ4v) is 3.31. The quantitative estimate of drug-likeness (QED) is 0.529. The summed E-state index contributed by atoms with van der Waals surface area (Å²) in [6.45, 7) is 2.42. The Morgan fingerprint density at radius 1 is 1.16 bits per heavy atom. The van der Waals surface area contributed by atoms with E-state index in [9.17, 15) is 14.4 Å². The second-order valence-electron chi connectivity index (χ2n) is 7.30. The summed E-state index contributed by atoms with van der Waals surface area (Å²) in [5.41, 5.74) is 7.47. The summed E-state index contributed by atoms with van der Waals surface area (Å²) >= 11 is 0. The van der Waals surface area contributed by atoms with E-state index in [-0.39, 0.29) is 31.2 Å². The fourth-order valence-electron chi connectivity index (χ4n) is 3.31. The van der Waals surface area contributed by atoms with Gasteiger partial charge < -0.3 is 10.5 Å². The molecule has 8 nitrogen and oxygen atoms in total. The van der Waals surface area contributed by atoms with Crippen LogP contribution in [0.3, 0.4) is 0 Å². The molecule has 0 fully saturated rings. The molecule has 0 aliphatic rings. The molecule has 32 heavy (non-hydrogen) atoms. The van der Waals surface area contributed by atoms with E-state index in [0.717, 1.165) is 16.7 Å². The van der Waals surface area contributed by atoms with Gasteiger partial charge in [0.15, 0.2) is 5.69 Å². The van der Waals surface area contributed by atoms with Crippen molar-refractivity contribution in [3.8, 4) is 0 Å². The Morgan fingerprint density at radius 2 is 1.91 bits per heavy atom. The average Bonchev–Trinajstić information content (AvgIpc) is 2.77. The molecule has 3 rings (SSSR count). The molecule has 2 aromatic carbocycles. The summed E-state index contributed by atoms with van der Waals surface area (Å²) in [5.74, 6) is -0.534. The van der Waals surface area contributed by atoms with Crippen LogP contribution in [0.15, 0.2) is 70.3 Å². The number of carbonyl (C=O) groups is 1. The van der Waals surface area contributed by atoms with Crippen molar-refractivity contribution in [3.05, 3.63) is 98.2 Å². The van der Waals surface area contributed by atoms with Crippen molar-refractivity contribution in [1.82, 2.24) is 9.55 Å². The van der Waals surface area contributed by atoms with Crippen molar-refractivity contribution in [3.63, 3.8) is 0 Å². The van der Waals surface area contributed by atoms with Crippen LogP contribution >= 0.6 is 0 Å². The van der Waals surface area contributed by atoms with Gasteiger partial charge in [-0.15, -0.1) is 0 Å². The maximum atomic E-state index is 13.2. The number of nitrogens with two attached hydrogens (primary N) is 1. The molecule has 0 atom stereocenters. The Balaban J connectivity index is 2.06. The smallest absolute Gasteiger partial charge is 0.330 e. The van der Waals surface area contributed by atoms with Gasteiger partial charge in [-0.2, -0.15) is 0 Å². The minimum absolute atomic E-state index is 0.0801. The standard InChI is InChI=1S/C24H26N4O4/c1-17-7-6-10-18(15-17)11-12-20(29)28(16-19-8-4-3-5-9-19)21-22(25)27(13-14-32-2)24(31)26-23(21)30/h3-12,15H,13-14,16,25H2,1-2H3,(H,26,30,31)/b12-11+. The highest BCUT2D eigenvalue weighted by Gasteiger charge is 2.23. The molecule has 166 valence electrons. The molecule has 1 aromatic heterocycles. The number of hydrogen-bond acceptors (Lipinski definition) is 5. The zero-order valence-corrected chi connectivity index (χ0v) is 18.1. The van der Waals surface area contributed by atoms with E-state index >= 15 is 0 Å². The summed E-state index contributed by atoms with van der Waals surface area (Å²) in [6.07, 6.45) is 3.07. The normalized spacial score (nSPS) is 11.1. The molecule has 0 saturated heterocycles. The van der Waals surface area contributed by atoms with Crippen LogP contribution in [0.25, 0.3) is 6.08 Å². The van der Waals surface area contributed by atoms with Crippen LogP contribution in [0.4, 0.5) is 11.5 Å². The summed E-state index contributed by atoms with van der Waals surface area (Å²) in [4.78, 5) is 41.8. The molecule has 0 radical (unpaired) electrons. The van der Waals surface area contributed by atoms with Gasteiger partial charge in [0.25, 0.3) is 11.5 Å². The van der Waals surface area contributed by atoms with E-state index in [1.165, 1.54) is 22.7 Å². The van der Waals surface area contributed by atoms with Gasteiger partial charge in [-0.05, 0) is 24.1 Å². The lowest BCUT2D eigenvalue weighted by molar-refractivity contribution is -0.114. The van der Waals surface area contributed by atoms with Crippen LogP contribution in [-0.4, -0.2) is 29.2 Å². The summed E-state index contributed by atoms with van der Waals surface area (Å²) in [6, 6.07) is 16.9. The van der Waals surface area contributed by atoms with Crippen molar-refractivity contribution in [2.45, 2.75) is 20.0 Å². The van der Waals surface area contributed by atoms with Crippen LogP contribution < -0.4 is 21.9 Å². The van der Waals surface area contributed by atoms with Gasteiger partial charge >= 0.3 is 5.69 Å². The van der Waals surface area contributed by atoms with Crippen LogP contribution in [0.1, 0.15) is 16.7 Å². The summed E-state index contributed by atoms with van der Waals surface area (Å²) in [7, 11) is 1.50. The monoisotopic (exact) mass is 434 g/mol. The van der Waals surface area contributed by atoms with Gasteiger partial charge in [0.1, 0.15) is 5.82 Å². The Bertz CT molecular complexity index is 1230. The molecule has 0 spiro atoms. The predicted octanol–water partition coefficient (Wildman–Crippen LogP) is 2.32. The molecule has 1 amide bonds. The van der Waals surface area contributed by atoms with Crippen molar-refractivity contribution in [2.75, 3.05) is 24.4 Å². The van der Waals surface area contributed by atoms with E-state index in [4.69, 9.17) is 10.5 Å². The molecular weight excluding hydrogens is 408 g/mol. The lowest BCUT2D eigenvalue weighted by Crippen LogP contribution is -2.40. The number of aromatic nitrogens is 2. The first-order chi connectivity index (χ1) is 15.4. The lowest BCUT2D eigenvalue weighted by Gasteiger charge is -2.23. The van der Waals surface area contributed by atoms with Gasteiger partial charge in [-0.1, -0.05) is 60.2 Å². The van der Waals surface area contributed by atoms with E-state index in [1.807, 2.05) is 61.5 Å². The molecule has 0 saturated carbocycles. The van der Waals surface area contributed by atoms with Gasteiger partial charge in [-0.3, -0.25) is 24.0 Å². The third-order valence-corrected chi connectivity index (χ3v) is 4.91. The van der Waals surface area contributed by atoms with Gasteiger partial charge in [0.05, 0.1) is 19.7 Å². The van der Waals surface area contributed by atoms with Crippen LogP contribution in [0.5, 0.6) is 0 Å². The number of nitrogens with zero attached hydrogens (tertiary/aromatic N) is 2. The number of anilines is 2. The lowest BCUT2D eigenvalue weighted by atomic mass is 10.1. The molecule has 0 aliphatic carbocycles. The number of aromatic amines is 1. The van der Waals surface area contributed by atoms with Gasteiger partial charge in [0.2, 0.25) is 0 Å². The van der Waals surface area contributed by atoms with Crippen molar-refractivity contribution in [1.29, 1.82) is 0 Å². The number of methoxy groups -OCH3 is 1. The topological polar surface area (TPSA) is 110 Å². The number of aryl methyl sites for hydroxylation is 1. The van der Waals surface area contributed by atoms with Crippen LogP contribution in [0, 0.1) is 6.92 Å². The first-order valence-corrected chi connectivity index (χ1v) is 10.1. The number of nitrogens with one attached hydrogen (secondary N) is 1. The van der Waals surface area contributed by atoms with Crippen molar-refractivity contribution in [2.24, 2.45) is 0 Å². The zero-order chi connectivity index (χ0) is 23.1. The third kappa shape index (κ3) is 5.41. The Kier molecular flexibility index (Phi) is 7.41. The molecule has 1 heterocycles. The number of rotatable bonds is 8. The number of nitrogen functional groups attached to an aromatic ring is 1. The first kappa shape index (κ1) is 22.8. The zero-order valence-electron chi connectivity index (χ0n) is 18.1. The Labute approximate surface area is 185 Å². The van der Waals surface area contributed by atoms with E-state index in [1.54, 1.807) is 6.08 Å². The molecule has 0 bridgehead atoms. The number of benzene rings is 2. The maximum Gasteiger partial charge on any atom is 0.330 e. The predicted molar refractivity (Wildman–Crippen MR) is 125 cm³/mol. The van der Waals surface area contributed by atoms with E-state index < -0.39 is 17.2 Å². The molecule has 8 heteroatoms. The van der Waals surface area contributed by atoms with Gasteiger partial charge in [0, 0.05) is 13.2 Å².